The molecule has 1 saturated heterocycles. The zero-order chi connectivity index (χ0) is 14.8. The molecule has 1 N–H and O–H groups in total. The van der Waals surface area contributed by atoms with Gasteiger partial charge in [0.05, 0.1) is 0 Å². The molecule has 22 heavy (non-hydrogen) atoms. The summed E-state index contributed by atoms with van der Waals surface area (Å²) in [5.41, 5.74) is 1.21. The minimum Gasteiger partial charge on any atom is -0.341 e. The third kappa shape index (κ3) is 3.26. The summed E-state index contributed by atoms with van der Waals surface area (Å²) in [7, 11) is 1.91. The number of carbonyl (C=O) groups excluding carboxylic acids is 1. The van der Waals surface area contributed by atoms with Crippen molar-refractivity contribution < 1.29 is 4.79 Å². The molecule has 1 aliphatic rings. The monoisotopic (exact) mass is 318 g/mol. The van der Waals surface area contributed by atoms with Crippen LogP contribution in [0, 0.1) is 11.8 Å². The Balaban J connectivity index is 0.00000176. The van der Waals surface area contributed by atoms with Crippen LogP contribution < -0.4 is 5.32 Å². The number of benzene rings is 2. The van der Waals surface area contributed by atoms with Crippen molar-refractivity contribution in [1.29, 1.82) is 0 Å². The van der Waals surface area contributed by atoms with Crippen LogP contribution in [0.2, 0.25) is 0 Å². The summed E-state index contributed by atoms with van der Waals surface area (Å²) < 4.78 is 0. The highest BCUT2D eigenvalue weighted by atomic mass is 35.5. The van der Waals surface area contributed by atoms with Crippen LogP contribution in [0.3, 0.4) is 0 Å². The van der Waals surface area contributed by atoms with Gasteiger partial charge in [-0.2, -0.15) is 0 Å². The summed E-state index contributed by atoms with van der Waals surface area (Å²) in [4.78, 5) is 14.4. The lowest BCUT2D eigenvalue weighted by Gasteiger charge is -2.34. The Morgan fingerprint density at radius 1 is 1.23 bits per heavy atom. The van der Waals surface area contributed by atoms with Gasteiger partial charge in [-0.3, -0.25) is 4.79 Å². The van der Waals surface area contributed by atoms with Crippen LogP contribution in [0.4, 0.5) is 0 Å². The Hall–Kier alpha value is -1.58. The Kier molecular flexibility index (Phi) is 5.43. The topological polar surface area (TPSA) is 32.3 Å². The molecule has 0 aliphatic carbocycles. The first-order chi connectivity index (χ1) is 10.2. The summed E-state index contributed by atoms with van der Waals surface area (Å²) in [6.07, 6.45) is 0. The van der Waals surface area contributed by atoms with Gasteiger partial charge < -0.3 is 10.2 Å². The van der Waals surface area contributed by atoms with Crippen molar-refractivity contribution in [2.24, 2.45) is 11.8 Å². The first kappa shape index (κ1) is 16.8. The Morgan fingerprint density at radius 3 is 2.59 bits per heavy atom. The normalized spacial score (nSPS) is 15.7. The zero-order valence-electron chi connectivity index (χ0n) is 13.1. The van der Waals surface area contributed by atoms with Crippen LogP contribution in [0.5, 0.6) is 0 Å². The minimum atomic E-state index is 0. The standard InChI is InChI=1S/C18H22N2O.ClH/c1-13(16-10-19-11-16)18(21)20(2)12-15-8-5-7-14-6-3-4-9-17(14)15;/h3-9,13,16,19H,10-12H2,1-2H3;1H. The number of amides is 1. The number of nitrogens with zero attached hydrogens (tertiary/aromatic N) is 1. The summed E-state index contributed by atoms with van der Waals surface area (Å²) in [5.74, 6) is 0.841. The van der Waals surface area contributed by atoms with Crippen molar-refractivity contribution in [3.63, 3.8) is 0 Å². The average molecular weight is 319 g/mol. The predicted octanol–water partition coefficient (Wildman–Crippen LogP) is 3.08. The largest absolute Gasteiger partial charge is 0.341 e. The highest BCUT2D eigenvalue weighted by molar-refractivity contribution is 5.86. The highest BCUT2D eigenvalue weighted by Crippen LogP contribution is 2.22. The van der Waals surface area contributed by atoms with Crippen molar-refractivity contribution in [2.75, 3.05) is 20.1 Å². The second-order valence-corrected chi connectivity index (χ2v) is 6.04. The van der Waals surface area contributed by atoms with Crippen molar-refractivity contribution in [1.82, 2.24) is 10.2 Å². The van der Waals surface area contributed by atoms with Gasteiger partial charge in [0.2, 0.25) is 5.91 Å². The molecule has 1 fully saturated rings. The van der Waals surface area contributed by atoms with Gasteiger partial charge >= 0.3 is 0 Å². The second kappa shape index (κ2) is 7.12. The second-order valence-electron chi connectivity index (χ2n) is 6.04. The molecule has 0 aromatic heterocycles. The van der Waals surface area contributed by atoms with E-state index in [1.54, 1.807) is 0 Å². The van der Waals surface area contributed by atoms with Crippen LogP contribution in [0.15, 0.2) is 42.5 Å². The molecule has 2 aromatic carbocycles. The molecule has 1 heterocycles. The van der Waals surface area contributed by atoms with Gasteiger partial charge in [0, 0.05) is 19.5 Å². The molecule has 1 amide bonds. The van der Waals surface area contributed by atoms with Crippen molar-refractivity contribution >= 4 is 29.1 Å². The Morgan fingerprint density at radius 2 is 1.91 bits per heavy atom. The molecule has 3 rings (SSSR count). The van der Waals surface area contributed by atoms with E-state index in [2.05, 4.69) is 41.7 Å². The fourth-order valence-electron chi connectivity index (χ4n) is 2.98. The predicted molar refractivity (Wildman–Crippen MR) is 93.2 cm³/mol. The smallest absolute Gasteiger partial charge is 0.225 e. The van der Waals surface area contributed by atoms with E-state index in [9.17, 15) is 4.79 Å². The number of fused-ring (bicyclic) bond motifs is 1. The minimum absolute atomic E-state index is 0. The molecule has 0 bridgehead atoms. The SMILES string of the molecule is CC(C(=O)N(C)Cc1cccc2ccccc12)C1CNC1.Cl. The maximum atomic E-state index is 12.5. The van der Waals surface area contributed by atoms with Gasteiger partial charge in [-0.15, -0.1) is 12.4 Å². The molecule has 2 aromatic rings. The van der Waals surface area contributed by atoms with Crippen molar-refractivity contribution in [3.8, 4) is 0 Å². The van der Waals surface area contributed by atoms with Gasteiger partial charge in [0.25, 0.3) is 0 Å². The first-order valence-electron chi connectivity index (χ1n) is 7.59. The molecule has 1 unspecified atom stereocenters. The highest BCUT2D eigenvalue weighted by Gasteiger charge is 2.30. The summed E-state index contributed by atoms with van der Waals surface area (Å²) >= 11 is 0. The maximum absolute atomic E-state index is 12.5. The van der Waals surface area contributed by atoms with E-state index >= 15 is 0 Å². The van der Waals surface area contributed by atoms with Crippen molar-refractivity contribution in [3.05, 3.63) is 48.0 Å². The van der Waals surface area contributed by atoms with E-state index in [0.29, 0.717) is 12.5 Å². The lowest BCUT2D eigenvalue weighted by molar-refractivity contribution is -0.136. The van der Waals surface area contributed by atoms with E-state index < -0.39 is 0 Å². The molecule has 1 aliphatic heterocycles. The lowest BCUT2D eigenvalue weighted by Crippen LogP contribution is -2.49. The van der Waals surface area contributed by atoms with E-state index in [1.807, 2.05) is 24.9 Å². The van der Waals surface area contributed by atoms with E-state index in [4.69, 9.17) is 0 Å². The van der Waals surface area contributed by atoms with E-state index in [0.717, 1.165) is 13.1 Å². The van der Waals surface area contributed by atoms with Crippen LogP contribution in [0.25, 0.3) is 10.8 Å². The number of hydrogen-bond donors (Lipinski definition) is 1. The third-order valence-corrected chi connectivity index (χ3v) is 4.57. The molecule has 0 radical (unpaired) electrons. The number of carbonyl (C=O) groups is 1. The van der Waals surface area contributed by atoms with Crippen molar-refractivity contribution in [2.45, 2.75) is 13.5 Å². The fourth-order valence-corrected chi connectivity index (χ4v) is 2.98. The fraction of sp³-hybridized carbons (Fsp3) is 0.389. The van der Waals surface area contributed by atoms with Crippen LogP contribution >= 0.6 is 12.4 Å². The summed E-state index contributed by atoms with van der Waals surface area (Å²) in [6.45, 7) is 4.65. The molecular weight excluding hydrogens is 296 g/mol. The van der Waals surface area contributed by atoms with Gasteiger partial charge in [-0.25, -0.2) is 0 Å². The molecular formula is C18H23ClN2O. The lowest BCUT2D eigenvalue weighted by atomic mass is 9.88. The Labute approximate surface area is 138 Å². The summed E-state index contributed by atoms with van der Waals surface area (Å²) in [6, 6.07) is 14.6. The van der Waals surface area contributed by atoms with E-state index in [-0.39, 0.29) is 24.2 Å². The van der Waals surface area contributed by atoms with Gasteiger partial charge in [-0.1, -0.05) is 49.4 Å². The molecule has 1 atom stereocenters. The molecule has 118 valence electrons. The van der Waals surface area contributed by atoms with Gasteiger partial charge in [-0.05, 0) is 35.3 Å². The maximum Gasteiger partial charge on any atom is 0.225 e. The number of rotatable bonds is 4. The number of nitrogens with one attached hydrogen (secondary N) is 1. The summed E-state index contributed by atoms with van der Waals surface area (Å²) in [5, 5.41) is 5.70. The third-order valence-electron chi connectivity index (χ3n) is 4.57. The van der Waals surface area contributed by atoms with Crippen LogP contribution in [-0.2, 0) is 11.3 Å². The quantitative estimate of drug-likeness (QED) is 0.939. The molecule has 3 nitrogen and oxygen atoms in total. The van der Waals surface area contributed by atoms with Gasteiger partial charge in [0.15, 0.2) is 0 Å². The number of hydrogen-bond acceptors (Lipinski definition) is 2. The van der Waals surface area contributed by atoms with Crippen LogP contribution in [-0.4, -0.2) is 30.9 Å². The number of halogens is 1. The molecule has 0 spiro atoms. The average Bonchev–Trinajstić information content (AvgIpc) is 2.45. The zero-order valence-corrected chi connectivity index (χ0v) is 13.9. The molecule has 4 heteroatoms. The van der Waals surface area contributed by atoms with Gasteiger partial charge in [0.1, 0.15) is 0 Å². The van der Waals surface area contributed by atoms with E-state index in [1.165, 1.54) is 16.3 Å². The van der Waals surface area contributed by atoms with Crippen LogP contribution in [0.1, 0.15) is 12.5 Å². The molecule has 0 saturated carbocycles. The Bertz CT molecular complexity index is 649. The first-order valence-corrected chi connectivity index (χ1v) is 7.59.